The predicted molar refractivity (Wildman–Crippen MR) is 75.3 cm³/mol. The molecule has 1 aromatic rings. The first-order valence-electron chi connectivity index (χ1n) is 7.13. The zero-order valence-electron chi connectivity index (χ0n) is 11.6. The van der Waals surface area contributed by atoms with Gasteiger partial charge in [-0.3, -0.25) is 0 Å². The second kappa shape index (κ2) is 5.07. The number of carbonyl (C=O) groups excluding carboxylic acids is 1. The molecule has 0 saturated heterocycles. The van der Waals surface area contributed by atoms with Crippen LogP contribution in [0.15, 0.2) is 18.2 Å². The number of para-hydroxylation sites is 1. The van der Waals surface area contributed by atoms with Gasteiger partial charge in [0.2, 0.25) is 0 Å². The largest absolute Gasteiger partial charge is 0.464 e. The smallest absolute Gasteiger partial charge is 0.329 e. The van der Waals surface area contributed by atoms with E-state index in [1.54, 1.807) is 11.8 Å². The zero-order chi connectivity index (χ0) is 14.3. The molecule has 0 fully saturated rings. The molecule has 2 aliphatic heterocycles. The molecule has 3 unspecified atom stereocenters. The highest BCUT2D eigenvalue weighted by Crippen LogP contribution is 2.40. The van der Waals surface area contributed by atoms with Crippen molar-refractivity contribution in [1.82, 2.24) is 0 Å². The van der Waals surface area contributed by atoms with Crippen molar-refractivity contribution in [2.75, 3.05) is 11.5 Å². The average molecular weight is 276 g/mol. The van der Waals surface area contributed by atoms with E-state index in [0.29, 0.717) is 19.4 Å². The van der Waals surface area contributed by atoms with Gasteiger partial charge < -0.3 is 20.5 Å². The summed E-state index contributed by atoms with van der Waals surface area (Å²) in [5.41, 5.74) is 9.26. The number of hydrogen-bond acceptors (Lipinski definition) is 5. The molecule has 0 aliphatic carbocycles. The number of anilines is 1. The minimum atomic E-state index is -0.839. The number of esters is 1. The first-order chi connectivity index (χ1) is 9.63. The topological polar surface area (TPSA) is 75.8 Å². The fourth-order valence-electron chi connectivity index (χ4n) is 3.23. The average Bonchev–Trinajstić information content (AvgIpc) is 2.78. The van der Waals surface area contributed by atoms with Gasteiger partial charge in [-0.15, -0.1) is 0 Å². The van der Waals surface area contributed by atoms with Gasteiger partial charge in [0.05, 0.1) is 6.61 Å². The van der Waals surface area contributed by atoms with Crippen molar-refractivity contribution in [3.8, 4) is 0 Å². The molecule has 5 heteroatoms. The van der Waals surface area contributed by atoms with Crippen LogP contribution in [0, 0.1) is 0 Å². The molecule has 0 aromatic heterocycles. The zero-order valence-corrected chi connectivity index (χ0v) is 11.6. The lowest BCUT2D eigenvalue weighted by Crippen LogP contribution is -2.53. The molecule has 2 aliphatic rings. The Hall–Kier alpha value is -1.59. The SMILES string of the molecule is CCOC(=O)C1Cc2cccc3c2N1C(O)C(N)CC3. The summed E-state index contributed by atoms with van der Waals surface area (Å²) in [6.07, 6.45) is 1.28. The summed E-state index contributed by atoms with van der Waals surface area (Å²) in [5, 5.41) is 10.5. The minimum Gasteiger partial charge on any atom is -0.464 e. The number of aliphatic hydroxyl groups excluding tert-OH is 1. The molecular formula is C15H20N2O3. The Morgan fingerprint density at radius 3 is 3.00 bits per heavy atom. The molecule has 0 amide bonds. The van der Waals surface area contributed by atoms with Crippen LogP contribution in [0.4, 0.5) is 5.69 Å². The third kappa shape index (κ3) is 1.98. The van der Waals surface area contributed by atoms with Crippen LogP contribution < -0.4 is 10.6 Å². The maximum Gasteiger partial charge on any atom is 0.329 e. The van der Waals surface area contributed by atoms with E-state index in [1.165, 1.54) is 0 Å². The van der Waals surface area contributed by atoms with Crippen molar-refractivity contribution in [2.45, 2.75) is 44.5 Å². The molecule has 3 rings (SSSR count). The first-order valence-corrected chi connectivity index (χ1v) is 7.13. The fourth-order valence-corrected chi connectivity index (χ4v) is 3.23. The van der Waals surface area contributed by atoms with Crippen molar-refractivity contribution < 1.29 is 14.6 Å². The van der Waals surface area contributed by atoms with E-state index < -0.39 is 12.3 Å². The molecule has 0 saturated carbocycles. The van der Waals surface area contributed by atoms with Crippen LogP contribution in [0.25, 0.3) is 0 Å². The van der Waals surface area contributed by atoms with E-state index in [1.807, 2.05) is 18.2 Å². The highest BCUT2D eigenvalue weighted by atomic mass is 16.5. The van der Waals surface area contributed by atoms with Gasteiger partial charge in [0.15, 0.2) is 0 Å². The number of ether oxygens (including phenoxy) is 1. The number of nitrogens with two attached hydrogens (primary N) is 1. The molecule has 0 spiro atoms. The van der Waals surface area contributed by atoms with Gasteiger partial charge in [0.1, 0.15) is 12.3 Å². The number of hydrogen-bond donors (Lipinski definition) is 2. The Morgan fingerprint density at radius 1 is 1.50 bits per heavy atom. The molecule has 108 valence electrons. The van der Waals surface area contributed by atoms with E-state index >= 15 is 0 Å². The van der Waals surface area contributed by atoms with Gasteiger partial charge >= 0.3 is 5.97 Å². The fraction of sp³-hybridized carbons (Fsp3) is 0.533. The van der Waals surface area contributed by atoms with Crippen LogP contribution in [0.2, 0.25) is 0 Å². The number of carbonyl (C=O) groups is 1. The van der Waals surface area contributed by atoms with Gasteiger partial charge in [0, 0.05) is 18.2 Å². The molecule has 20 heavy (non-hydrogen) atoms. The Bertz CT molecular complexity index is 532. The van der Waals surface area contributed by atoms with Crippen molar-refractivity contribution in [3.63, 3.8) is 0 Å². The van der Waals surface area contributed by atoms with Crippen LogP contribution in [0.5, 0.6) is 0 Å². The van der Waals surface area contributed by atoms with E-state index in [4.69, 9.17) is 10.5 Å². The van der Waals surface area contributed by atoms with Gasteiger partial charge in [-0.05, 0) is 30.9 Å². The second-order valence-corrected chi connectivity index (χ2v) is 5.42. The number of aliphatic hydroxyl groups is 1. The summed E-state index contributed by atoms with van der Waals surface area (Å²) < 4.78 is 5.14. The molecule has 3 N–H and O–H groups in total. The maximum atomic E-state index is 12.2. The normalized spacial score (nSPS) is 27.9. The summed E-state index contributed by atoms with van der Waals surface area (Å²) in [7, 11) is 0. The van der Waals surface area contributed by atoms with Crippen molar-refractivity contribution >= 4 is 11.7 Å². The molecular weight excluding hydrogens is 256 g/mol. The van der Waals surface area contributed by atoms with Crippen LogP contribution >= 0.6 is 0 Å². The minimum absolute atomic E-state index is 0.289. The summed E-state index contributed by atoms with van der Waals surface area (Å²) in [5.74, 6) is -0.289. The lowest BCUT2D eigenvalue weighted by molar-refractivity contribution is -0.145. The Labute approximate surface area is 118 Å². The molecule has 1 aromatic carbocycles. The van der Waals surface area contributed by atoms with Gasteiger partial charge in [-0.25, -0.2) is 4.79 Å². The Kier molecular flexibility index (Phi) is 3.40. The maximum absolute atomic E-state index is 12.2. The number of nitrogens with zero attached hydrogens (tertiary/aromatic N) is 1. The van der Waals surface area contributed by atoms with Gasteiger partial charge in [-0.1, -0.05) is 18.2 Å². The number of benzene rings is 1. The van der Waals surface area contributed by atoms with Crippen LogP contribution in [0.3, 0.4) is 0 Å². The third-order valence-electron chi connectivity index (χ3n) is 4.18. The molecule has 5 nitrogen and oxygen atoms in total. The van der Waals surface area contributed by atoms with Gasteiger partial charge in [-0.2, -0.15) is 0 Å². The van der Waals surface area contributed by atoms with Crippen molar-refractivity contribution in [2.24, 2.45) is 5.73 Å². The lowest BCUT2D eigenvalue weighted by atomic mass is 10.0. The first kappa shape index (κ1) is 13.4. The summed E-state index contributed by atoms with van der Waals surface area (Å²) in [6, 6.07) is 5.23. The quantitative estimate of drug-likeness (QED) is 0.773. The predicted octanol–water partition coefficient (Wildman–Crippen LogP) is 0.573. The lowest BCUT2D eigenvalue weighted by Gasteiger charge is -2.32. The Morgan fingerprint density at radius 2 is 2.25 bits per heavy atom. The highest BCUT2D eigenvalue weighted by Gasteiger charge is 2.43. The number of rotatable bonds is 2. The van der Waals surface area contributed by atoms with Crippen molar-refractivity contribution in [1.29, 1.82) is 0 Å². The standard InChI is InChI=1S/C15H20N2O3/c1-2-20-15(19)12-8-10-5-3-4-9-6-7-11(16)14(18)17(12)13(9)10/h3-5,11-12,14,18H,2,6-8,16H2,1H3. The summed E-state index contributed by atoms with van der Waals surface area (Å²) >= 11 is 0. The summed E-state index contributed by atoms with van der Waals surface area (Å²) in [4.78, 5) is 13.9. The van der Waals surface area contributed by atoms with Gasteiger partial charge in [0.25, 0.3) is 0 Å². The van der Waals surface area contributed by atoms with E-state index in [9.17, 15) is 9.90 Å². The number of aryl methyl sites for hydroxylation is 1. The van der Waals surface area contributed by atoms with E-state index in [0.717, 1.165) is 23.2 Å². The van der Waals surface area contributed by atoms with E-state index in [-0.39, 0.29) is 12.0 Å². The molecule has 0 radical (unpaired) electrons. The highest BCUT2D eigenvalue weighted by molar-refractivity contribution is 5.85. The Balaban J connectivity index is 2.04. The molecule has 3 atom stereocenters. The molecule has 2 heterocycles. The van der Waals surface area contributed by atoms with Crippen LogP contribution in [-0.2, 0) is 22.4 Å². The summed E-state index contributed by atoms with van der Waals surface area (Å²) in [6.45, 7) is 2.13. The molecule has 0 bridgehead atoms. The third-order valence-corrected chi connectivity index (χ3v) is 4.18. The van der Waals surface area contributed by atoms with Crippen LogP contribution in [0.1, 0.15) is 24.5 Å². The second-order valence-electron chi connectivity index (χ2n) is 5.42. The van der Waals surface area contributed by atoms with Crippen molar-refractivity contribution in [3.05, 3.63) is 29.3 Å². The monoisotopic (exact) mass is 276 g/mol. The van der Waals surface area contributed by atoms with E-state index in [2.05, 4.69) is 0 Å². The van der Waals surface area contributed by atoms with Crippen LogP contribution in [-0.4, -0.2) is 36.0 Å².